The second kappa shape index (κ2) is 7.64. The fraction of sp³-hybridized carbons (Fsp3) is 0.222. The van der Waals surface area contributed by atoms with Gasteiger partial charge in [-0.3, -0.25) is 10.1 Å². The Morgan fingerprint density at radius 3 is 2.25 bits per heavy atom. The Bertz CT molecular complexity index is 730. The Morgan fingerprint density at radius 2 is 1.58 bits per heavy atom. The van der Waals surface area contributed by atoms with E-state index in [-0.39, 0.29) is 5.91 Å². The molecule has 6 heteroatoms. The van der Waals surface area contributed by atoms with Gasteiger partial charge in [0.2, 0.25) is 0 Å². The van der Waals surface area contributed by atoms with Crippen LogP contribution in [0.5, 0.6) is 0 Å². The molecule has 0 aliphatic carbocycles. The van der Waals surface area contributed by atoms with E-state index in [4.69, 9.17) is 23.8 Å². The number of para-hydroxylation sites is 1. The molecule has 0 unspecified atom stereocenters. The number of hydrogen-bond donors (Lipinski definition) is 1. The highest BCUT2D eigenvalue weighted by atomic mass is 35.5. The van der Waals surface area contributed by atoms with Crippen LogP contribution in [0.2, 0.25) is 5.02 Å². The number of thiocarbonyl (C=S) groups is 1. The van der Waals surface area contributed by atoms with Gasteiger partial charge in [-0.05, 0) is 36.5 Å². The molecule has 0 saturated carbocycles. The standard InChI is InChI=1S/C18H18ClN3OS/c19-16-9-5-4-8-15(16)17(23)20-18(24)22-12-10-21(11-13-22)14-6-2-1-3-7-14/h1-9H,10-13H2,(H,20,23,24). The number of halogens is 1. The van der Waals surface area contributed by atoms with E-state index in [1.54, 1.807) is 24.3 Å². The van der Waals surface area contributed by atoms with Crippen molar-refractivity contribution in [3.05, 3.63) is 65.2 Å². The van der Waals surface area contributed by atoms with Gasteiger partial charge in [0.25, 0.3) is 5.91 Å². The van der Waals surface area contributed by atoms with Crippen molar-refractivity contribution in [2.45, 2.75) is 0 Å². The zero-order valence-electron chi connectivity index (χ0n) is 13.1. The van der Waals surface area contributed by atoms with Crippen LogP contribution in [0.4, 0.5) is 5.69 Å². The minimum atomic E-state index is -0.268. The SMILES string of the molecule is O=C(NC(=S)N1CCN(c2ccccc2)CC1)c1ccccc1Cl. The molecule has 2 aromatic rings. The average molecular weight is 360 g/mol. The van der Waals surface area contributed by atoms with Crippen molar-refractivity contribution in [3.63, 3.8) is 0 Å². The Kier molecular flexibility index (Phi) is 5.33. The van der Waals surface area contributed by atoms with E-state index in [9.17, 15) is 4.79 Å². The second-order valence-corrected chi connectivity index (χ2v) is 6.34. The third kappa shape index (κ3) is 3.86. The van der Waals surface area contributed by atoms with Crippen LogP contribution in [0, 0.1) is 0 Å². The molecule has 2 aromatic carbocycles. The van der Waals surface area contributed by atoms with Crippen LogP contribution >= 0.6 is 23.8 Å². The summed E-state index contributed by atoms with van der Waals surface area (Å²) in [5.74, 6) is -0.268. The maximum absolute atomic E-state index is 12.3. The summed E-state index contributed by atoms with van der Waals surface area (Å²) in [4.78, 5) is 16.6. The van der Waals surface area contributed by atoms with Crippen molar-refractivity contribution in [1.29, 1.82) is 0 Å². The maximum Gasteiger partial charge on any atom is 0.258 e. The molecule has 0 bridgehead atoms. The van der Waals surface area contributed by atoms with Gasteiger partial charge in [0.1, 0.15) is 0 Å². The Morgan fingerprint density at radius 1 is 0.958 bits per heavy atom. The number of nitrogens with one attached hydrogen (secondary N) is 1. The first-order chi connectivity index (χ1) is 11.6. The lowest BCUT2D eigenvalue weighted by Crippen LogP contribution is -2.52. The highest BCUT2D eigenvalue weighted by Gasteiger charge is 2.21. The predicted octanol–water partition coefficient (Wildman–Crippen LogP) is 3.18. The van der Waals surface area contributed by atoms with Gasteiger partial charge < -0.3 is 9.80 Å². The van der Waals surface area contributed by atoms with Gasteiger partial charge in [0, 0.05) is 31.9 Å². The molecule has 0 spiro atoms. The second-order valence-electron chi connectivity index (χ2n) is 5.55. The molecule has 4 nitrogen and oxygen atoms in total. The number of rotatable bonds is 2. The van der Waals surface area contributed by atoms with E-state index in [0.717, 1.165) is 26.2 Å². The normalized spacial score (nSPS) is 14.4. The molecule has 1 aliphatic heterocycles. The molecule has 124 valence electrons. The Labute approximate surface area is 152 Å². The Hall–Kier alpha value is -2.11. The van der Waals surface area contributed by atoms with Crippen molar-refractivity contribution in [3.8, 4) is 0 Å². The number of carbonyl (C=O) groups excluding carboxylic acids is 1. The first kappa shape index (κ1) is 16.7. The number of amides is 1. The van der Waals surface area contributed by atoms with Crippen LogP contribution in [-0.2, 0) is 0 Å². The smallest absolute Gasteiger partial charge is 0.258 e. The number of hydrogen-bond acceptors (Lipinski definition) is 3. The van der Waals surface area contributed by atoms with Crippen LogP contribution in [-0.4, -0.2) is 42.1 Å². The summed E-state index contributed by atoms with van der Waals surface area (Å²) in [6.45, 7) is 3.28. The molecule has 1 heterocycles. The monoisotopic (exact) mass is 359 g/mol. The molecule has 0 aromatic heterocycles. The molecule has 1 aliphatic rings. The van der Waals surface area contributed by atoms with Gasteiger partial charge in [-0.25, -0.2) is 0 Å². The van der Waals surface area contributed by atoms with Crippen molar-refractivity contribution in [2.75, 3.05) is 31.1 Å². The van der Waals surface area contributed by atoms with Crippen molar-refractivity contribution in [2.24, 2.45) is 0 Å². The summed E-state index contributed by atoms with van der Waals surface area (Å²) in [6.07, 6.45) is 0. The summed E-state index contributed by atoms with van der Waals surface area (Å²) in [5, 5.41) is 3.65. The fourth-order valence-electron chi connectivity index (χ4n) is 2.70. The van der Waals surface area contributed by atoms with Gasteiger partial charge in [-0.2, -0.15) is 0 Å². The minimum absolute atomic E-state index is 0.268. The van der Waals surface area contributed by atoms with Gasteiger partial charge in [0.05, 0.1) is 10.6 Å². The number of benzene rings is 2. The van der Waals surface area contributed by atoms with Gasteiger partial charge in [-0.15, -0.1) is 0 Å². The molecule has 3 rings (SSSR count). The van der Waals surface area contributed by atoms with Crippen molar-refractivity contribution >= 4 is 40.5 Å². The molecule has 0 atom stereocenters. The highest BCUT2D eigenvalue weighted by molar-refractivity contribution is 7.80. The van der Waals surface area contributed by atoms with Crippen LogP contribution in [0.1, 0.15) is 10.4 Å². The Balaban J connectivity index is 1.56. The molecular formula is C18H18ClN3OS. The largest absolute Gasteiger partial charge is 0.368 e. The lowest BCUT2D eigenvalue weighted by Gasteiger charge is -2.37. The van der Waals surface area contributed by atoms with E-state index in [1.165, 1.54) is 5.69 Å². The van der Waals surface area contributed by atoms with Crippen LogP contribution in [0.25, 0.3) is 0 Å². The fourth-order valence-corrected chi connectivity index (χ4v) is 3.19. The van der Waals surface area contributed by atoms with Gasteiger partial charge >= 0.3 is 0 Å². The summed E-state index contributed by atoms with van der Waals surface area (Å²) in [5.41, 5.74) is 1.65. The molecule has 1 saturated heterocycles. The van der Waals surface area contributed by atoms with Crippen molar-refractivity contribution < 1.29 is 4.79 Å². The van der Waals surface area contributed by atoms with Gasteiger partial charge in [0.15, 0.2) is 5.11 Å². The molecule has 1 N–H and O–H groups in total. The number of nitrogens with zero attached hydrogens (tertiary/aromatic N) is 2. The first-order valence-corrected chi connectivity index (χ1v) is 8.58. The summed E-state index contributed by atoms with van der Waals surface area (Å²) in [7, 11) is 0. The molecule has 1 amide bonds. The number of anilines is 1. The number of piperazine rings is 1. The lowest BCUT2D eigenvalue weighted by molar-refractivity contribution is 0.0973. The third-order valence-corrected chi connectivity index (χ3v) is 4.72. The lowest BCUT2D eigenvalue weighted by atomic mass is 10.2. The zero-order valence-corrected chi connectivity index (χ0v) is 14.7. The summed E-state index contributed by atoms with van der Waals surface area (Å²) in [6, 6.07) is 17.3. The van der Waals surface area contributed by atoms with Crippen LogP contribution in [0.3, 0.4) is 0 Å². The van der Waals surface area contributed by atoms with Crippen LogP contribution in [0.15, 0.2) is 54.6 Å². The molecule has 0 radical (unpaired) electrons. The van der Waals surface area contributed by atoms with E-state index in [0.29, 0.717) is 15.7 Å². The predicted molar refractivity (Wildman–Crippen MR) is 102 cm³/mol. The first-order valence-electron chi connectivity index (χ1n) is 7.80. The highest BCUT2D eigenvalue weighted by Crippen LogP contribution is 2.17. The topological polar surface area (TPSA) is 35.6 Å². The summed E-state index contributed by atoms with van der Waals surface area (Å²) >= 11 is 11.4. The molecular weight excluding hydrogens is 342 g/mol. The maximum atomic E-state index is 12.3. The quantitative estimate of drug-likeness (QED) is 0.835. The van der Waals surface area contributed by atoms with E-state index < -0.39 is 0 Å². The number of carbonyl (C=O) groups is 1. The van der Waals surface area contributed by atoms with E-state index in [1.807, 2.05) is 23.1 Å². The van der Waals surface area contributed by atoms with E-state index >= 15 is 0 Å². The third-order valence-electron chi connectivity index (χ3n) is 4.03. The van der Waals surface area contributed by atoms with E-state index in [2.05, 4.69) is 22.3 Å². The molecule has 24 heavy (non-hydrogen) atoms. The van der Waals surface area contributed by atoms with Crippen molar-refractivity contribution in [1.82, 2.24) is 10.2 Å². The van der Waals surface area contributed by atoms with Crippen LogP contribution < -0.4 is 10.2 Å². The minimum Gasteiger partial charge on any atom is -0.368 e. The van der Waals surface area contributed by atoms with Gasteiger partial charge in [-0.1, -0.05) is 41.9 Å². The zero-order chi connectivity index (χ0) is 16.9. The summed E-state index contributed by atoms with van der Waals surface area (Å²) < 4.78 is 0. The molecule has 1 fully saturated rings. The average Bonchev–Trinajstić information content (AvgIpc) is 2.63.